The number of amides is 1. The van der Waals surface area contributed by atoms with Crippen LogP contribution in [0.1, 0.15) is 37.1 Å². The van der Waals surface area contributed by atoms with Crippen molar-refractivity contribution >= 4 is 23.4 Å². The molecule has 5 nitrogen and oxygen atoms in total. The molecule has 25 heavy (non-hydrogen) atoms. The van der Waals surface area contributed by atoms with Gasteiger partial charge in [0.25, 0.3) is 0 Å². The summed E-state index contributed by atoms with van der Waals surface area (Å²) < 4.78 is 40.8. The molecule has 0 saturated heterocycles. The van der Waals surface area contributed by atoms with E-state index in [4.69, 9.17) is 0 Å². The molecular formula is C16H17F3N4OS. The second-order valence-electron chi connectivity index (χ2n) is 5.74. The van der Waals surface area contributed by atoms with Crippen molar-refractivity contribution in [3.8, 4) is 0 Å². The van der Waals surface area contributed by atoms with E-state index in [0.717, 1.165) is 24.7 Å². The van der Waals surface area contributed by atoms with Crippen LogP contribution in [0.4, 0.5) is 18.9 Å². The molecule has 1 amide bonds. The molecule has 0 aliphatic heterocycles. The van der Waals surface area contributed by atoms with Gasteiger partial charge in [0, 0.05) is 12.5 Å². The summed E-state index contributed by atoms with van der Waals surface area (Å²) in [6.07, 6.45) is -2.33. The van der Waals surface area contributed by atoms with Gasteiger partial charge in [-0.05, 0) is 31.9 Å². The number of hydrogen-bond acceptors (Lipinski definition) is 4. The number of para-hydroxylation sites is 1. The Hall–Kier alpha value is -2.03. The van der Waals surface area contributed by atoms with Crippen LogP contribution in [0.25, 0.3) is 0 Å². The monoisotopic (exact) mass is 370 g/mol. The van der Waals surface area contributed by atoms with Gasteiger partial charge in [-0.2, -0.15) is 13.2 Å². The lowest BCUT2D eigenvalue weighted by molar-refractivity contribution is -0.137. The zero-order chi connectivity index (χ0) is 18.0. The Labute approximate surface area is 147 Å². The number of hydrogen-bond donors (Lipinski definition) is 1. The molecule has 1 N–H and O–H groups in total. The Morgan fingerprint density at radius 3 is 2.68 bits per heavy atom. The predicted molar refractivity (Wildman–Crippen MR) is 88.5 cm³/mol. The van der Waals surface area contributed by atoms with Gasteiger partial charge in [-0.3, -0.25) is 4.79 Å². The van der Waals surface area contributed by atoms with Gasteiger partial charge in [0.2, 0.25) is 5.91 Å². The van der Waals surface area contributed by atoms with Gasteiger partial charge in [-0.1, -0.05) is 23.9 Å². The minimum absolute atomic E-state index is 0.0327. The number of nitrogens with zero attached hydrogens (tertiary/aromatic N) is 3. The Bertz CT molecular complexity index is 771. The fraction of sp³-hybridized carbons (Fsp3) is 0.438. The minimum Gasteiger partial charge on any atom is -0.325 e. The smallest absolute Gasteiger partial charge is 0.325 e. The van der Waals surface area contributed by atoms with Gasteiger partial charge < -0.3 is 9.88 Å². The molecule has 2 aromatic rings. The second-order valence-corrected chi connectivity index (χ2v) is 6.68. The van der Waals surface area contributed by atoms with Crippen molar-refractivity contribution in [3.05, 3.63) is 35.7 Å². The molecule has 1 aromatic carbocycles. The number of nitrogens with one attached hydrogen (secondary N) is 1. The van der Waals surface area contributed by atoms with Crippen molar-refractivity contribution in [2.45, 2.75) is 43.6 Å². The molecule has 0 radical (unpaired) electrons. The van der Waals surface area contributed by atoms with E-state index in [0.29, 0.717) is 17.6 Å². The minimum atomic E-state index is -4.52. The normalized spacial score (nSPS) is 14.6. The van der Waals surface area contributed by atoms with Crippen molar-refractivity contribution in [1.82, 2.24) is 14.8 Å². The van der Waals surface area contributed by atoms with E-state index in [-0.39, 0.29) is 11.4 Å². The lowest BCUT2D eigenvalue weighted by atomic mass is 10.1. The van der Waals surface area contributed by atoms with E-state index in [2.05, 4.69) is 15.5 Å². The predicted octanol–water partition coefficient (Wildman–Crippen LogP) is 3.93. The Morgan fingerprint density at radius 2 is 2.04 bits per heavy atom. The first-order chi connectivity index (χ1) is 11.9. The molecule has 1 aliphatic carbocycles. The maximum Gasteiger partial charge on any atom is 0.418 e. The summed E-state index contributed by atoms with van der Waals surface area (Å²) in [7, 11) is 0. The van der Waals surface area contributed by atoms with E-state index in [1.807, 2.05) is 11.5 Å². The van der Waals surface area contributed by atoms with E-state index >= 15 is 0 Å². The van der Waals surface area contributed by atoms with Crippen molar-refractivity contribution in [1.29, 1.82) is 0 Å². The van der Waals surface area contributed by atoms with Crippen LogP contribution in [-0.2, 0) is 17.5 Å². The van der Waals surface area contributed by atoms with Gasteiger partial charge in [0.05, 0.1) is 17.0 Å². The highest BCUT2D eigenvalue weighted by Crippen LogP contribution is 2.40. The third-order valence-corrected chi connectivity index (χ3v) is 4.81. The number of aromatic nitrogens is 3. The zero-order valence-corrected chi connectivity index (χ0v) is 14.3. The van der Waals surface area contributed by atoms with Crippen LogP contribution in [0.2, 0.25) is 0 Å². The largest absolute Gasteiger partial charge is 0.418 e. The zero-order valence-electron chi connectivity index (χ0n) is 13.5. The maximum absolute atomic E-state index is 13.0. The molecule has 9 heteroatoms. The first kappa shape index (κ1) is 17.8. The third-order valence-electron chi connectivity index (χ3n) is 3.84. The van der Waals surface area contributed by atoms with Crippen LogP contribution in [-0.4, -0.2) is 26.4 Å². The van der Waals surface area contributed by atoms with Gasteiger partial charge in [-0.15, -0.1) is 10.2 Å². The van der Waals surface area contributed by atoms with E-state index in [9.17, 15) is 18.0 Å². The third kappa shape index (κ3) is 4.15. The number of halogens is 3. The SMILES string of the molecule is CCn1c(SCC(=O)Nc2ccccc2C(F)(F)F)nnc1C1CC1. The van der Waals surface area contributed by atoms with Gasteiger partial charge in [-0.25, -0.2) is 0 Å². The van der Waals surface area contributed by atoms with Crippen molar-refractivity contribution in [2.75, 3.05) is 11.1 Å². The summed E-state index contributed by atoms with van der Waals surface area (Å²) in [5, 5.41) is 11.2. The molecule has 1 saturated carbocycles. The van der Waals surface area contributed by atoms with Gasteiger partial charge >= 0.3 is 6.18 Å². The summed E-state index contributed by atoms with van der Waals surface area (Å²) in [6, 6.07) is 4.92. The fourth-order valence-corrected chi connectivity index (χ4v) is 3.31. The number of thioether (sulfide) groups is 1. The highest BCUT2D eigenvalue weighted by atomic mass is 32.2. The van der Waals surface area contributed by atoms with Crippen LogP contribution in [0, 0.1) is 0 Å². The van der Waals surface area contributed by atoms with E-state index in [1.165, 1.54) is 30.0 Å². The van der Waals surface area contributed by atoms with Gasteiger partial charge in [0.1, 0.15) is 5.82 Å². The molecule has 1 aliphatic rings. The molecule has 1 heterocycles. The van der Waals surface area contributed by atoms with E-state index in [1.54, 1.807) is 0 Å². The molecule has 1 aromatic heterocycles. The van der Waals surface area contributed by atoms with E-state index < -0.39 is 17.6 Å². The second kappa shape index (κ2) is 7.07. The van der Waals surface area contributed by atoms with Crippen LogP contribution < -0.4 is 5.32 Å². The van der Waals surface area contributed by atoms with Gasteiger partial charge in [0.15, 0.2) is 5.16 Å². The van der Waals surface area contributed by atoms with Crippen LogP contribution in [0.15, 0.2) is 29.4 Å². The number of benzene rings is 1. The lowest BCUT2D eigenvalue weighted by Gasteiger charge is -2.13. The summed E-state index contributed by atoms with van der Waals surface area (Å²) in [6.45, 7) is 2.67. The summed E-state index contributed by atoms with van der Waals surface area (Å²) in [4.78, 5) is 12.1. The number of rotatable bonds is 6. The number of anilines is 1. The highest BCUT2D eigenvalue weighted by Gasteiger charge is 2.33. The molecule has 0 atom stereocenters. The summed E-state index contributed by atoms with van der Waals surface area (Å²) in [5.41, 5.74) is -1.10. The van der Waals surface area contributed by atoms with Crippen molar-refractivity contribution < 1.29 is 18.0 Å². The molecule has 1 fully saturated rings. The van der Waals surface area contributed by atoms with Crippen LogP contribution in [0.5, 0.6) is 0 Å². The first-order valence-electron chi connectivity index (χ1n) is 7.92. The van der Waals surface area contributed by atoms with Crippen LogP contribution >= 0.6 is 11.8 Å². The molecule has 3 rings (SSSR count). The average Bonchev–Trinajstić information content (AvgIpc) is 3.32. The average molecular weight is 370 g/mol. The van der Waals surface area contributed by atoms with Crippen molar-refractivity contribution in [3.63, 3.8) is 0 Å². The Balaban J connectivity index is 1.65. The maximum atomic E-state index is 13.0. The topological polar surface area (TPSA) is 59.8 Å². The number of carbonyl (C=O) groups is 1. The number of alkyl halides is 3. The summed E-state index contributed by atoms with van der Waals surface area (Å²) in [5.74, 6) is 0.817. The molecule has 0 unspecified atom stereocenters. The summed E-state index contributed by atoms with van der Waals surface area (Å²) >= 11 is 1.17. The van der Waals surface area contributed by atoms with Crippen molar-refractivity contribution in [2.24, 2.45) is 0 Å². The molecule has 0 spiro atoms. The Morgan fingerprint density at radius 1 is 1.32 bits per heavy atom. The quantitative estimate of drug-likeness (QED) is 0.783. The van der Waals surface area contributed by atoms with Crippen LogP contribution in [0.3, 0.4) is 0 Å². The standard InChI is InChI=1S/C16H17F3N4OS/c1-2-23-14(10-7-8-10)21-22-15(23)25-9-13(24)20-12-6-4-3-5-11(12)16(17,18)19/h3-6,10H,2,7-9H2,1H3,(H,20,24). The molecule has 134 valence electrons. The Kier molecular flexibility index (Phi) is 5.03. The fourth-order valence-electron chi connectivity index (χ4n) is 2.50. The molecule has 0 bridgehead atoms. The molecular weight excluding hydrogens is 353 g/mol. The first-order valence-corrected chi connectivity index (χ1v) is 8.90. The number of carbonyl (C=O) groups excluding carboxylic acids is 1. The highest BCUT2D eigenvalue weighted by molar-refractivity contribution is 7.99. The lowest BCUT2D eigenvalue weighted by Crippen LogP contribution is -2.18.